The Kier molecular flexibility index (Phi) is 5.56. The minimum absolute atomic E-state index is 0.163. The number of rotatable bonds is 6. The third-order valence-corrected chi connectivity index (χ3v) is 4.01. The lowest BCUT2D eigenvalue weighted by atomic mass is 10.2. The molecule has 2 aromatic rings. The van der Waals surface area contributed by atoms with Gasteiger partial charge in [0.2, 0.25) is 0 Å². The highest BCUT2D eigenvalue weighted by Crippen LogP contribution is 2.32. The van der Waals surface area contributed by atoms with Crippen LogP contribution in [-0.4, -0.2) is 26.7 Å². The van der Waals surface area contributed by atoms with Gasteiger partial charge in [-0.3, -0.25) is 4.68 Å². The highest BCUT2D eigenvalue weighted by Gasteiger charge is 2.07. The molecule has 2 rings (SSSR count). The number of aliphatic hydroxyl groups is 1. The molecular weight excluding hydrogens is 388 g/mol. The fourth-order valence-electron chi connectivity index (χ4n) is 1.81. The van der Waals surface area contributed by atoms with Crippen molar-refractivity contribution in [2.45, 2.75) is 26.4 Å². The van der Waals surface area contributed by atoms with Crippen molar-refractivity contribution in [3.63, 3.8) is 0 Å². The van der Waals surface area contributed by atoms with Crippen LogP contribution >= 0.6 is 31.9 Å². The van der Waals surface area contributed by atoms with Gasteiger partial charge in [-0.05, 0) is 62.9 Å². The number of hydrogen-bond donors (Lipinski definition) is 2. The van der Waals surface area contributed by atoms with Crippen LogP contribution in [0.2, 0.25) is 0 Å². The first kappa shape index (κ1) is 15.5. The van der Waals surface area contributed by atoms with Crippen molar-refractivity contribution in [1.29, 1.82) is 0 Å². The maximum Gasteiger partial charge on any atom is 0.102 e. The van der Waals surface area contributed by atoms with Crippen LogP contribution in [0.5, 0.6) is 0 Å². The molecule has 0 spiro atoms. The van der Waals surface area contributed by atoms with E-state index in [-0.39, 0.29) is 6.61 Å². The van der Waals surface area contributed by atoms with Crippen LogP contribution in [-0.2, 0) is 13.1 Å². The molecule has 0 saturated carbocycles. The van der Waals surface area contributed by atoms with Crippen molar-refractivity contribution in [2.24, 2.45) is 0 Å². The molecular formula is C13H16Br2N4O. The average Bonchev–Trinajstić information content (AvgIpc) is 2.83. The molecule has 2 N–H and O–H groups in total. The summed E-state index contributed by atoms with van der Waals surface area (Å²) in [6, 6.07) is 4.12. The van der Waals surface area contributed by atoms with E-state index in [2.05, 4.69) is 59.6 Å². The van der Waals surface area contributed by atoms with Crippen molar-refractivity contribution >= 4 is 37.5 Å². The van der Waals surface area contributed by atoms with E-state index in [1.165, 1.54) is 5.56 Å². The molecule has 0 unspecified atom stereocenters. The second kappa shape index (κ2) is 7.19. The molecule has 0 amide bonds. The van der Waals surface area contributed by atoms with E-state index in [0.29, 0.717) is 19.5 Å². The molecule has 108 valence electrons. The van der Waals surface area contributed by atoms with Gasteiger partial charge in [-0.15, -0.1) is 5.10 Å². The maximum absolute atomic E-state index is 8.79. The van der Waals surface area contributed by atoms with Gasteiger partial charge in [0.05, 0.1) is 18.4 Å². The van der Waals surface area contributed by atoms with E-state index in [0.717, 1.165) is 20.3 Å². The predicted molar refractivity (Wildman–Crippen MR) is 85.6 cm³/mol. The standard InChI is InChI=1S/C13H16Br2N4O/c1-9-5-11(14)13(12(15)6-9)16-7-10-8-19(18-17-10)3-2-4-20/h5-6,8,16,20H,2-4,7H2,1H3. The van der Waals surface area contributed by atoms with Crippen LogP contribution in [0, 0.1) is 6.92 Å². The molecule has 0 bridgehead atoms. The average molecular weight is 404 g/mol. The molecule has 0 aliphatic rings. The first-order valence-electron chi connectivity index (χ1n) is 6.29. The predicted octanol–water partition coefficient (Wildman–Crippen LogP) is 3.11. The lowest BCUT2D eigenvalue weighted by Gasteiger charge is -2.10. The zero-order valence-electron chi connectivity index (χ0n) is 11.1. The van der Waals surface area contributed by atoms with E-state index in [9.17, 15) is 0 Å². The molecule has 1 aromatic heterocycles. The summed E-state index contributed by atoms with van der Waals surface area (Å²) in [6.45, 7) is 3.49. The summed E-state index contributed by atoms with van der Waals surface area (Å²) in [4.78, 5) is 0. The Labute approximate surface area is 134 Å². The van der Waals surface area contributed by atoms with Gasteiger partial charge in [-0.1, -0.05) is 5.21 Å². The second-order valence-electron chi connectivity index (χ2n) is 4.51. The summed E-state index contributed by atoms with van der Waals surface area (Å²) < 4.78 is 3.76. The first-order valence-corrected chi connectivity index (χ1v) is 7.88. The third-order valence-electron chi connectivity index (χ3n) is 2.76. The minimum atomic E-state index is 0.163. The Balaban J connectivity index is 2.00. The fraction of sp³-hybridized carbons (Fsp3) is 0.385. The number of aromatic nitrogens is 3. The van der Waals surface area contributed by atoms with Gasteiger partial charge in [0.1, 0.15) is 5.69 Å². The van der Waals surface area contributed by atoms with Gasteiger partial charge in [0, 0.05) is 22.1 Å². The fourth-order valence-corrected chi connectivity index (χ4v) is 3.50. The van der Waals surface area contributed by atoms with Gasteiger partial charge < -0.3 is 10.4 Å². The number of anilines is 1. The Morgan fingerprint density at radius 3 is 2.65 bits per heavy atom. The zero-order valence-corrected chi connectivity index (χ0v) is 14.3. The third kappa shape index (κ3) is 4.04. The van der Waals surface area contributed by atoms with Crippen LogP contribution < -0.4 is 5.32 Å². The summed E-state index contributed by atoms with van der Waals surface area (Å²) in [5.74, 6) is 0. The maximum atomic E-state index is 8.79. The van der Waals surface area contributed by atoms with E-state index in [1.807, 2.05) is 13.1 Å². The number of hydrogen-bond acceptors (Lipinski definition) is 4. The molecule has 5 nitrogen and oxygen atoms in total. The Morgan fingerprint density at radius 1 is 1.30 bits per heavy atom. The van der Waals surface area contributed by atoms with Crippen molar-refractivity contribution in [3.05, 3.63) is 38.5 Å². The molecule has 0 fully saturated rings. The number of nitrogens with one attached hydrogen (secondary N) is 1. The topological polar surface area (TPSA) is 63.0 Å². The molecule has 0 radical (unpaired) electrons. The normalized spacial score (nSPS) is 10.8. The summed E-state index contributed by atoms with van der Waals surface area (Å²) in [5.41, 5.74) is 3.05. The van der Waals surface area contributed by atoms with Gasteiger partial charge in [0.15, 0.2) is 0 Å². The molecule has 0 aliphatic heterocycles. The van der Waals surface area contributed by atoms with E-state index in [4.69, 9.17) is 5.11 Å². The Morgan fingerprint density at radius 2 is 2.00 bits per heavy atom. The van der Waals surface area contributed by atoms with Crippen LogP contribution in [0.4, 0.5) is 5.69 Å². The van der Waals surface area contributed by atoms with Crippen molar-refractivity contribution < 1.29 is 5.11 Å². The number of nitrogens with zero attached hydrogens (tertiary/aromatic N) is 3. The van der Waals surface area contributed by atoms with Crippen LogP contribution in [0.15, 0.2) is 27.3 Å². The Hall–Kier alpha value is -0.920. The van der Waals surface area contributed by atoms with Gasteiger partial charge in [-0.25, -0.2) is 0 Å². The van der Waals surface area contributed by atoms with Crippen molar-refractivity contribution in [3.8, 4) is 0 Å². The van der Waals surface area contributed by atoms with Crippen molar-refractivity contribution in [2.75, 3.05) is 11.9 Å². The molecule has 7 heteroatoms. The summed E-state index contributed by atoms with van der Waals surface area (Å²) in [5, 5.41) is 20.2. The van der Waals surface area contributed by atoms with Gasteiger partial charge in [0.25, 0.3) is 0 Å². The SMILES string of the molecule is Cc1cc(Br)c(NCc2cn(CCCO)nn2)c(Br)c1. The number of aliphatic hydroxyl groups excluding tert-OH is 1. The highest BCUT2D eigenvalue weighted by molar-refractivity contribution is 9.11. The largest absolute Gasteiger partial charge is 0.396 e. The number of halogens is 2. The molecule has 0 atom stereocenters. The van der Waals surface area contributed by atoms with Crippen LogP contribution in [0.25, 0.3) is 0 Å². The quantitative estimate of drug-likeness (QED) is 0.777. The molecule has 0 aliphatic carbocycles. The molecule has 1 heterocycles. The molecule has 0 saturated heterocycles. The zero-order chi connectivity index (χ0) is 14.5. The van der Waals surface area contributed by atoms with Crippen molar-refractivity contribution in [1.82, 2.24) is 15.0 Å². The summed E-state index contributed by atoms with van der Waals surface area (Å²) in [6.07, 6.45) is 2.57. The number of aryl methyl sites for hydroxylation is 2. The lowest BCUT2D eigenvalue weighted by Crippen LogP contribution is -2.02. The lowest BCUT2D eigenvalue weighted by molar-refractivity contribution is 0.276. The Bertz CT molecular complexity index is 562. The summed E-state index contributed by atoms with van der Waals surface area (Å²) >= 11 is 7.10. The number of benzene rings is 1. The van der Waals surface area contributed by atoms with Gasteiger partial charge in [-0.2, -0.15) is 0 Å². The van der Waals surface area contributed by atoms with E-state index in [1.54, 1.807) is 4.68 Å². The second-order valence-corrected chi connectivity index (χ2v) is 6.22. The monoisotopic (exact) mass is 402 g/mol. The van der Waals surface area contributed by atoms with Crippen LogP contribution in [0.1, 0.15) is 17.7 Å². The van der Waals surface area contributed by atoms with Crippen LogP contribution in [0.3, 0.4) is 0 Å². The van der Waals surface area contributed by atoms with E-state index < -0.39 is 0 Å². The summed E-state index contributed by atoms with van der Waals surface area (Å²) in [7, 11) is 0. The highest BCUT2D eigenvalue weighted by atomic mass is 79.9. The molecule has 20 heavy (non-hydrogen) atoms. The molecule has 1 aromatic carbocycles. The van der Waals surface area contributed by atoms with Gasteiger partial charge >= 0.3 is 0 Å². The minimum Gasteiger partial charge on any atom is -0.396 e. The first-order chi connectivity index (χ1) is 9.60. The van der Waals surface area contributed by atoms with E-state index >= 15 is 0 Å². The smallest absolute Gasteiger partial charge is 0.102 e.